The summed E-state index contributed by atoms with van der Waals surface area (Å²) >= 11 is 0. The lowest BCUT2D eigenvalue weighted by Crippen LogP contribution is -2.45. The van der Waals surface area contributed by atoms with E-state index in [1.807, 2.05) is 38.1 Å². The number of nitrogens with zero attached hydrogens (tertiary/aromatic N) is 2. The first-order valence-corrected chi connectivity index (χ1v) is 9.27. The molecule has 148 valence electrons. The number of carboxylic acids is 1. The highest BCUT2D eigenvalue weighted by atomic mass is 16.5. The molecule has 1 aliphatic rings. The number of aliphatic carboxylic acids is 1. The zero-order valence-corrected chi connectivity index (χ0v) is 16.2. The summed E-state index contributed by atoms with van der Waals surface area (Å²) in [5.74, 6) is -0.830. The Kier molecular flexibility index (Phi) is 7.21. The molecule has 0 aromatic heterocycles. The Morgan fingerprint density at radius 1 is 1.22 bits per heavy atom. The van der Waals surface area contributed by atoms with Gasteiger partial charge >= 0.3 is 5.97 Å². The maximum absolute atomic E-state index is 12.5. The van der Waals surface area contributed by atoms with Gasteiger partial charge in [0, 0.05) is 25.7 Å². The van der Waals surface area contributed by atoms with Crippen LogP contribution in [-0.4, -0.2) is 65.5 Å². The number of rotatable bonds is 7. The quantitative estimate of drug-likeness (QED) is 0.784. The molecular weight excluding hydrogens is 348 g/mol. The number of likely N-dealkylation sites (tertiary alicyclic amines) is 1. The SMILES string of the molecule is CC(C)Oc1ccccc1CC(=O)N(C)CC(=O)N1CCC(C(=O)O)CC1. The van der Waals surface area contributed by atoms with Gasteiger partial charge in [-0.25, -0.2) is 0 Å². The smallest absolute Gasteiger partial charge is 0.306 e. The van der Waals surface area contributed by atoms with Gasteiger partial charge in [-0.2, -0.15) is 0 Å². The van der Waals surface area contributed by atoms with Crippen LogP contribution in [0.25, 0.3) is 0 Å². The van der Waals surface area contributed by atoms with E-state index in [1.165, 1.54) is 4.90 Å². The number of piperidine rings is 1. The van der Waals surface area contributed by atoms with E-state index in [-0.39, 0.29) is 36.8 Å². The molecule has 1 fully saturated rings. The van der Waals surface area contributed by atoms with Crippen molar-refractivity contribution < 1.29 is 24.2 Å². The van der Waals surface area contributed by atoms with E-state index >= 15 is 0 Å². The van der Waals surface area contributed by atoms with E-state index in [9.17, 15) is 14.4 Å². The summed E-state index contributed by atoms with van der Waals surface area (Å²) in [6, 6.07) is 7.40. The van der Waals surface area contributed by atoms with Crippen LogP contribution in [0, 0.1) is 5.92 Å². The monoisotopic (exact) mass is 376 g/mol. The summed E-state index contributed by atoms with van der Waals surface area (Å²) < 4.78 is 5.74. The van der Waals surface area contributed by atoms with Crippen molar-refractivity contribution in [3.63, 3.8) is 0 Å². The van der Waals surface area contributed by atoms with Crippen molar-refractivity contribution in [2.24, 2.45) is 5.92 Å². The van der Waals surface area contributed by atoms with Gasteiger partial charge in [-0.1, -0.05) is 18.2 Å². The molecule has 7 heteroatoms. The number of para-hydroxylation sites is 1. The molecule has 1 heterocycles. The third-order valence-electron chi connectivity index (χ3n) is 4.67. The van der Waals surface area contributed by atoms with Crippen molar-refractivity contribution in [1.82, 2.24) is 9.80 Å². The molecule has 0 aliphatic carbocycles. The van der Waals surface area contributed by atoms with Crippen molar-refractivity contribution in [2.75, 3.05) is 26.7 Å². The Morgan fingerprint density at radius 2 is 1.85 bits per heavy atom. The minimum atomic E-state index is -0.809. The third kappa shape index (κ3) is 5.98. The number of amides is 2. The van der Waals surface area contributed by atoms with Gasteiger partial charge in [-0.3, -0.25) is 14.4 Å². The van der Waals surface area contributed by atoms with Gasteiger partial charge in [0.25, 0.3) is 0 Å². The highest BCUT2D eigenvalue weighted by Gasteiger charge is 2.28. The fourth-order valence-corrected chi connectivity index (χ4v) is 3.08. The summed E-state index contributed by atoms with van der Waals surface area (Å²) in [6.45, 7) is 4.68. The number of hydrogen-bond donors (Lipinski definition) is 1. The Bertz CT molecular complexity index is 681. The predicted molar refractivity (Wildman–Crippen MR) is 100 cm³/mol. The molecule has 1 aromatic carbocycles. The van der Waals surface area contributed by atoms with Gasteiger partial charge in [-0.05, 0) is 32.8 Å². The van der Waals surface area contributed by atoms with Crippen LogP contribution < -0.4 is 4.74 Å². The highest BCUT2D eigenvalue weighted by molar-refractivity contribution is 5.86. The second-order valence-corrected chi connectivity index (χ2v) is 7.19. The molecule has 27 heavy (non-hydrogen) atoms. The van der Waals surface area contributed by atoms with Crippen molar-refractivity contribution in [1.29, 1.82) is 0 Å². The van der Waals surface area contributed by atoms with E-state index in [0.717, 1.165) is 5.56 Å². The second kappa shape index (κ2) is 9.39. The number of ether oxygens (including phenoxy) is 1. The Balaban J connectivity index is 1.89. The molecular formula is C20H28N2O5. The molecule has 0 spiro atoms. The third-order valence-corrected chi connectivity index (χ3v) is 4.67. The average Bonchev–Trinajstić information content (AvgIpc) is 2.62. The minimum Gasteiger partial charge on any atom is -0.491 e. The number of hydrogen-bond acceptors (Lipinski definition) is 4. The highest BCUT2D eigenvalue weighted by Crippen LogP contribution is 2.21. The minimum absolute atomic E-state index is 0.00860. The summed E-state index contributed by atoms with van der Waals surface area (Å²) in [5.41, 5.74) is 0.790. The Hall–Kier alpha value is -2.57. The number of likely N-dealkylation sites (N-methyl/N-ethyl adjacent to an activating group) is 1. The lowest BCUT2D eigenvalue weighted by atomic mass is 9.97. The van der Waals surface area contributed by atoms with Crippen LogP contribution in [-0.2, 0) is 20.8 Å². The molecule has 7 nitrogen and oxygen atoms in total. The van der Waals surface area contributed by atoms with Gasteiger partial charge in [0.05, 0.1) is 25.0 Å². The van der Waals surface area contributed by atoms with Crippen molar-refractivity contribution in [2.45, 2.75) is 39.2 Å². The molecule has 0 saturated carbocycles. The van der Waals surface area contributed by atoms with Crippen LogP contribution in [0.3, 0.4) is 0 Å². The topological polar surface area (TPSA) is 87.2 Å². The molecule has 1 aliphatic heterocycles. The van der Waals surface area contributed by atoms with E-state index in [4.69, 9.17) is 9.84 Å². The molecule has 1 saturated heterocycles. The van der Waals surface area contributed by atoms with Gasteiger partial charge < -0.3 is 19.6 Å². The zero-order valence-electron chi connectivity index (χ0n) is 16.2. The lowest BCUT2D eigenvalue weighted by molar-refractivity contribution is -0.146. The summed E-state index contributed by atoms with van der Waals surface area (Å²) in [4.78, 5) is 39.0. The summed E-state index contributed by atoms with van der Waals surface area (Å²) in [5, 5.41) is 9.03. The summed E-state index contributed by atoms with van der Waals surface area (Å²) in [6.07, 6.45) is 1.08. The van der Waals surface area contributed by atoms with E-state index in [2.05, 4.69) is 0 Å². The number of carboxylic acid groups (broad SMARTS) is 1. The fraction of sp³-hybridized carbons (Fsp3) is 0.550. The first-order chi connectivity index (χ1) is 12.8. The molecule has 1 N–H and O–H groups in total. The van der Waals surface area contributed by atoms with Gasteiger partial charge in [0.2, 0.25) is 11.8 Å². The number of benzene rings is 1. The van der Waals surface area contributed by atoms with Crippen LogP contribution in [0.4, 0.5) is 0 Å². The molecule has 0 radical (unpaired) electrons. The summed E-state index contributed by atoms with van der Waals surface area (Å²) in [7, 11) is 1.61. The molecule has 2 amide bonds. The first kappa shape index (κ1) is 20.7. The standard InChI is InChI=1S/C20H28N2O5/c1-14(2)27-17-7-5-4-6-16(17)12-18(23)21(3)13-19(24)22-10-8-15(9-11-22)20(25)26/h4-7,14-15H,8-13H2,1-3H3,(H,25,26). The van der Waals surface area contributed by atoms with Gasteiger partial charge in [-0.15, -0.1) is 0 Å². The Morgan fingerprint density at radius 3 is 2.44 bits per heavy atom. The molecule has 0 atom stereocenters. The molecule has 0 unspecified atom stereocenters. The second-order valence-electron chi connectivity index (χ2n) is 7.19. The molecule has 1 aromatic rings. The van der Waals surface area contributed by atoms with Crippen LogP contribution in [0.15, 0.2) is 24.3 Å². The molecule has 2 rings (SSSR count). The number of carbonyl (C=O) groups is 3. The molecule has 0 bridgehead atoms. The predicted octanol–water partition coefficient (Wildman–Crippen LogP) is 1.80. The van der Waals surface area contributed by atoms with E-state index in [0.29, 0.717) is 31.7 Å². The van der Waals surface area contributed by atoms with Crippen molar-refractivity contribution in [3.05, 3.63) is 29.8 Å². The van der Waals surface area contributed by atoms with Crippen LogP contribution in [0.5, 0.6) is 5.75 Å². The van der Waals surface area contributed by atoms with Gasteiger partial charge in [0.1, 0.15) is 5.75 Å². The number of carbonyl (C=O) groups excluding carboxylic acids is 2. The first-order valence-electron chi connectivity index (χ1n) is 9.27. The van der Waals surface area contributed by atoms with E-state index in [1.54, 1.807) is 11.9 Å². The normalized spacial score (nSPS) is 14.9. The van der Waals surface area contributed by atoms with Crippen molar-refractivity contribution >= 4 is 17.8 Å². The average molecular weight is 376 g/mol. The van der Waals surface area contributed by atoms with Crippen molar-refractivity contribution in [3.8, 4) is 5.75 Å². The van der Waals surface area contributed by atoms with Crippen LogP contribution in [0.1, 0.15) is 32.3 Å². The fourth-order valence-electron chi connectivity index (χ4n) is 3.08. The van der Waals surface area contributed by atoms with Crippen LogP contribution >= 0.6 is 0 Å². The maximum atomic E-state index is 12.5. The largest absolute Gasteiger partial charge is 0.491 e. The van der Waals surface area contributed by atoms with Crippen LogP contribution in [0.2, 0.25) is 0 Å². The maximum Gasteiger partial charge on any atom is 0.306 e. The lowest BCUT2D eigenvalue weighted by Gasteiger charge is -2.31. The van der Waals surface area contributed by atoms with Gasteiger partial charge in [0.15, 0.2) is 0 Å². The zero-order chi connectivity index (χ0) is 20.0. The Labute approximate surface area is 159 Å². The van der Waals surface area contributed by atoms with E-state index < -0.39 is 5.97 Å².